The van der Waals surface area contributed by atoms with E-state index in [0.717, 1.165) is 24.7 Å². The second-order valence-corrected chi connectivity index (χ2v) is 16.1. The van der Waals surface area contributed by atoms with Crippen molar-refractivity contribution in [1.82, 2.24) is 4.31 Å². The SMILES string of the molecule is CC(C)(C)OC(=O)N1SOC[C@@H]1[C@@H](O[Si](C)(C)C(C)(C)C)c1ccc(C(C)(F)F)cc1. The molecule has 0 saturated carbocycles. The van der Waals surface area contributed by atoms with Gasteiger partial charge in [-0.15, -0.1) is 0 Å². The Balaban J connectivity index is 2.43. The van der Waals surface area contributed by atoms with Gasteiger partial charge in [0, 0.05) is 12.5 Å². The summed E-state index contributed by atoms with van der Waals surface area (Å²) >= 11 is 0.937. The molecule has 31 heavy (non-hydrogen) atoms. The third-order valence-electron chi connectivity index (χ3n) is 5.57. The van der Waals surface area contributed by atoms with Gasteiger partial charge in [0.15, 0.2) is 8.32 Å². The molecule has 0 N–H and O–H groups in total. The van der Waals surface area contributed by atoms with E-state index in [1.54, 1.807) is 32.9 Å². The van der Waals surface area contributed by atoms with Gasteiger partial charge in [-0.1, -0.05) is 45.0 Å². The number of amides is 1. The average Bonchev–Trinajstić information content (AvgIpc) is 3.06. The van der Waals surface area contributed by atoms with E-state index in [-0.39, 0.29) is 17.2 Å². The first-order valence-corrected chi connectivity index (χ1v) is 14.0. The van der Waals surface area contributed by atoms with E-state index < -0.39 is 38.1 Å². The van der Waals surface area contributed by atoms with Crippen LogP contribution in [0, 0.1) is 0 Å². The minimum absolute atomic E-state index is 0.0663. The van der Waals surface area contributed by atoms with Crippen LogP contribution in [0.15, 0.2) is 24.3 Å². The second-order valence-electron chi connectivity index (χ2n) is 10.5. The van der Waals surface area contributed by atoms with Crippen molar-refractivity contribution >= 4 is 26.6 Å². The zero-order valence-electron chi connectivity index (χ0n) is 19.9. The molecule has 9 heteroatoms. The Kier molecular flexibility index (Phi) is 7.57. The molecule has 0 aromatic heterocycles. The molecule has 1 aromatic rings. The quantitative estimate of drug-likeness (QED) is 0.259. The van der Waals surface area contributed by atoms with Crippen molar-refractivity contribution < 1.29 is 26.9 Å². The number of halogens is 2. The summed E-state index contributed by atoms with van der Waals surface area (Å²) in [5.41, 5.74) is 0.000387. The summed E-state index contributed by atoms with van der Waals surface area (Å²) < 4.78 is 46.7. The fourth-order valence-corrected chi connectivity index (χ4v) is 4.77. The van der Waals surface area contributed by atoms with Crippen LogP contribution in [0.2, 0.25) is 18.1 Å². The summed E-state index contributed by atoms with van der Waals surface area (Å²) in [5, 5.41) is -0.0784. The van der Waals surface area contributed by atoms with Crippen LogP contribution in [-0.4, -0.2) is 37.0 Å². The van der Waals surface area contributed by atoms with E-state index in [4.69, 9.17) is 13.3 Å². The van der Waals surface area contributed by atoms with Gasteiger partial charge in [0.25, 0.3) is 5.92 Å². The third kappa shape index (κ3) is 6.66. The number of carbonyl (C=O) groups is 1. The van der Waals surface area contributed by atoms with Gasteiger partial charge in [0.2, 0.25) is 0 Å². The molecule has 1 saturated heterocycles. The molecule has 0 radical (unpaired) electrons. The van der Waals surface area contributed by atoms with Crippen molar-refractivity contribution in [3.63, 3.8) is 0 Å². The standard InChI is InChI=1S/C22H35F2NO4SSi/c1-20(2,3)28-19(26)25-17(14-27-30-25)18(29-31(8,9)21(4,5)6)15-10-12-16(13-11-15)22(7,23)24/h10-13,17-18H,14H2,1-9H3/t17-,18+/m1/s1. The molecule has 176 valence electrons. The Morgan fingerprint density at radius 1 is 1.13 bits per heavy atom. The van der Waals surface area contributed by atoms with Crippen molar-refractivity contribution in [1.29, 1.82) is 0 Å². The number of benzene rings is 1. The van der Waals surface area contributed by atoms with Crippen LogP contribution in [-0.2, 0) is 19.3 Å². The lowest BCUT2D eigenvalue weighted by Gasteiger charge is -2.41. The monoisotopic (exact) mass is 475 g/mol. The van der Waals surface area contributed by atoms with Crippen molar-refractivity contribution in [2.45, 2.75) is 90.3 Å². The first-order chi connectivity index (χ1) is 13.9. The Hall–Kier alpha value is -1.16. The van der Waals surface area contributed by atoms with Crippen LogP contribution in [0.3, 0.4) is 0 Å². The Labute approximate surface area is 190 Å². The molecule has 0 aliphatic carbocycles. The normalized spacial score (nSPS) is 19.5. The number of rotatable bonds is 5. The Morgan fingerprint density at radius 3 is 2.13 bits per heavy atom. The van der Waals surface area contributed by atoms with Gasteiger partial charge in [-0.05, 0) is 44.5 Å². The molecule has 1 fully saturated rings. The first-order valence-electron chi connectivity index (χ1n) is 10.4. The Morgan fingerprint density at radius 2 is 1.68 bits per heavy atom. The summed E-state index contributed by atoms with van der Waals surface area (Å²) in [6.45, 7) is 17.1. The fourth-order valence-electron chi connectivity index (χ4n) is 2.79. The van der Waals surface area contributed by atoms with E-state index >= 15 is 0 Å². The molecular weight excluding hydrogens is 440 g/mol. The number of carbonyl (C=O) groups excluding carboxylic acids is 1. The number of hydrogen-bond donors (Lipinski definition) is 0. The molecule has 2 atom stereocenters. The van der Waals surface area contributed by atoms with Crippen LogP contribution in [0.5, 0.6) is 0 Å². The van der Waals surface area contributed by atoms with Gasteiger partial charge in [0.05, 0.1) is 12.7 Å². The van der Waals surface area contributed by atoms with Gasteiger partial charge >= 0.3 is 6.09 Å². The van der Waals surface area contributed by atoms with Crippen LogP contribution >= 0.6 is 12.2 Å². The minimum Gasteiger partial charge on any atom is -0.443 e. The average molecular weight is 476 g/mol. The molecule has 1 aromatic carbocycles. The summed E-state index contributed by atoms with van der Waals surface area (Å²) in [7, 11) is -2.27. The lowest BCUT2D eigenvalue weighted by molar-refractivity contribution is 0.0173. The highest BCUT2D eigenvalue weighted by atomic mass is 32.2. The van der Waals surface area contributed by atoms with Crippen LogP contribution < -0.4 is 0 Å². The predicted molar refractivity (Wildman–Crippen MR) is 122 cm³/mol. The maximum Gasteiger partial charge on any atom is 0.422 e. The topological polar surface area (TPSA) is 48.0 Å². The lowest BCUT2D eigenvalue weighted by atomic mass is 10.00. The fraction of sp³-hybridized carbons (Fsp3) is 0.682. The molecule has 1 amide bonds. The lowest BCUT2D eigenvalue weighted by Crippen LogP contribution is -2.47. The third-order valence-corrected chi connectivity index (χ3v) is 10.8. The number of alkyl halides is 2. The zero-order valence-corrected chi connectivity index (χ0v) is 21.7. The molecule has 0 unspecified atom stereocenters. The summed E-state index contributed by atoms with van der Waals surface area (Å²) in [5.74, 6) is -2.93. The molecular formula is C22H35F2NO4SSi. The van der Waals surface area contributed by atoms with Gasteiger partial charge < -0.3 is 9.16 Å². The highest BCUT2D eigenvalue weighted by Gasteiger charge is 2.46. The number of hydrogen-bond acceptors (Lipinski definition) is 5. The minimum atomic E-state index is -2.93. The zero-order chi connectivity index (χ0) is 23.8. The molecule has 0 spiro atoms. The van der Waals surface area contributed by atoms with Gasteiger partial charge in [-0.25, -0.2) is 17.9 Å². The van der Waals surface area contributed by atoms with Crippen molar-refractivity contribution in [3.8, 4) is 0 Å². The van der Waals surface area contributed by atoms with E-state index in [0.29, 0.717) is 0 Å². The van der Waals surface area contributed by atoms with E-state index in [9.17, 15) is 13.6 Å². The number of ether oxygens (including phenoxy) is 1. The van der Waals surface area contributed by atoms with Crippen LogP contribution in [0.4, 0.5) is 13.6 Å². The van der Waals surface area contributed by atoms with Crippen LogP contribution in [0.25, 0.3) is 0 Å². The summed E-state index contributed by atoms with van der Waals surface area (Å²) in [6, 6.07) is 5.68. The number of nitrogens with zero attached hydrogens (tertiary/aromatic N) is 1. The molecule has 1 aliphatic rings. The molecule has 2 rings (SSSR count). The summed E-state index contributed by atoms with van der Waals surface area (Å²) in [4.78, 5) is 12.8. The second kappa shape index (κ2) is 9.00. The molecule has 1 heterocycles. The van der Waals surface area contributed by atoms with E-state index in [1.165, 1.54) is 16.4 Å². The van der Waals surface area contributed by atoms with Crippen molar-refractivity contribution in [2.24, 2.45) is 0 Å². The Bertz CT molecular complexity index is 770. The first kappa shape index (κ1) is 26.1. The van der Waals surface area contributed by atoms with Gasteiger partial charge in [-0.3, -0.25) is 4.18 Å². The molecule has 1 aliphatic heterocycles. The predicted octanol–water partition coefficient (Wildman–Crippen LogP) is 7.06. The van der Waals surface area contributed by atoms with Crippen molar-refractivity contribution in [2.75, 3.05) is 6.61 Å². The largest absolute Gasteiger partial charge is 0.443 e. The molecule has 5 nitrogen and oxygen atoms in total. The highest BCUT2D eigenvalue weighted by molar-refractivity contribution is 7.93. The smallest absolute Gasteiger partial charge is 0.422 e. The maximum absolute atomic E-state index is 13.7. The summed E-state index contributed by atoms with van der Waals surface area (Å²) in [6.07, 6.45) is -1.05. The van der Waals surface area contributed by atoms with Gasteiger partial charge in [0.1, 0.15) is 23.9 Å². The molecule has 0 bridgehead atoms. The maximum atomic E-state index is 13.7. The van der Waals surface area contributed by atoms with Crippen LogP contribution in [0.1, 0.15) is 65.7 Å². The highest BCUT2D eigenvalue weighted by Crippen LogP contribution is 2.44. The van der Waals surface area contributed by atoms with Gasteiger partial charge in [-0.2, -0.15) is 0 Å². The van der Waals surface area contributed by atoms with E-state index in [1.807, 2.05) is 0 Å². The van der Waals surface area contributed by atoms with Crippen molar-refractivity contribution in [3.05, 3.63) is 35.4 Å². The van der Waals surface area contributed by atoms with E-state index in [2.05, 4.69) is 33.9 Å².